The molecule has 3 rings (SSSR count). The number of carbonyl (C=O) groups excluding carboxylic acids is 1. The summed E-state index contributed by atoms with van der Waals surface area (Å²) in [5.41, 5.74) is 0.765. The summed E-state index contributed by atoms with van der Waals surface area (Å²) >= 11 is 0. The average Bonchev–Trinajstić information content (AvgIpc) is 3.28. The van der Waals surface area contributed by atoms with Gasteiger partial charge in [0.25, 0.3) is 0 Å². The van der Waals surface area contributed by atoms with Gasteiger partial charge in [-0.25, -0.2) is 0 Å². The minimum Gasteiger partial charge on any atom is -0.493 e. The zero-order chi connectivity index (χ0) is 21.0. The van der Waals surface area contributed by atoms with Crippen LogP contribution in [0, 0.1) is 22.7 Å². The van der Waals surface area contributed by atoms with Crippen molar-refractivity contribution in [3.63, 3.8) is 0 Å². The Morgan fingerprint density at radius 2 is 1.86 bits per heavy atom. The van der Waals surface area contributed by atoms with Crippen LogP contribution in [0.25, 0.3) is 0 Å². The predicted molar refractivity (Wildman–Crippen MR) is 111 cm³/mol. The first-order valence-corrected chi connectivity index (χ1v) is 10.5. The average molecular weight is 398 g/mol. The van der Waals surface area contributed by atoms with Crippen LogP contribution in [-0.2, 0) is 10.2 Å². The standard InChI is InChI=1S/C19H25NO2.C4H6N2O/c1-21-17-10-9-15(19(14-20)11-5-2-6-12-19)13-18(17)22-16-7-3-4-8-16;5-2-1-3-6-4-7/h9-10,13,16H,2-8,11-12H2,1H3;4H,1,3H2,(H,6,7). The maximum atomic E-state index is 9.77. The van der Waals surface area contributed by atoms with E-state index in [0.29, 0.717) is 25.5 Å². The second-order valence-electron chi connectivity index (χ2n) is 7.62. The van der Waals surface area contributed by atoms with Gasteiger partial charge in [-0.3, -0.25) is 4.79 Å². The second-order valence-corrected chi connectivity index (χ2v) is 7.62. The molecule has 29 heavy (non-hydrogen) atoms. The van der Waals surface area contributed by atoms with Gasteiger partial charge in [-0.1, -0.05) is 25.3 Å². The number of rotatable bonds is 7. The van der Waals surface area contributed by atoms with E-state index in [1.165, 1.54) is 19.3 Å². The number of hydrogen-bond donors (Lipinski definition) is 1. The highest BCUT2D eigenvalue weighted by Gasteiger charge is 2.35. The third kappa shape index (κ3) is 6.39. The molecule has 2 saturated carbocycles. The largest absolute Gasteiger partial charge is 0.493 e. The van der Waals surface area contributed by atoms with Crippen molar-refractivity contribution in [2.75, 3.05) is 13.7 Å². The Hall–Kier alpha value is -2.73. The fourth-order valence-corrected chi connectivity index (χ4v) is 4.06. The van der Waals surface area contributed by atoms with Crippen LogP contribution in [0.5, 0.6) is 11.5 Å². The highest BCUT2D eigenvalue weighted by Crippen LogP contribution is 2.42. The fraction of sp³-hybridized carbons (Fsp3) is 0.609. The number of benzene rings is 1. The van der Waals surface area contributed by atoms with Gasteiger partial charge < -0.3 is 14.8 Å². The molecule has 0 aliphatic heterocycles. The first-order valence-electron chi connectivity index (χ1n) is 10.5. The summed E-state index contributed by atoms with van der Waals surface area (Å²) in [4.78, 5) is 9.46. The van der Waals surface area contributed by atoms with E-state index < -0.39 is 0 Å². The van der Waals surface area contributed by atoms with Gasteiger partial charge in [-0.05, 0) is 56.2 Å². The van der Waals surface area contributed by atoms with E-state index in [0.717, 1.165) is 55.6 Å². The molecule has 0 atom stereocenters. The summed E-state index contributed by atoms with van der Waals surface area (Å²) < 4.78 is 11.6. The van der Waals surface area contributed by atoms with Crippen molar-refractivity contribution in [3.8, 4) is 23.6 Å². The number of nitrogens with zero attached hydrogens (tertiary/aromatic N) is 2. The Bertz CT molecular complexity index is 724. The number of carbonyl (C=O) groups is 1. The minimum atomic E-state index is -0.335. The highest BCUT2D eigenvalue weighted by atomic mass is 16.5. The normalized spacial score (nSPS) is 17.8. The van der Waals surface area contributed by atoms with Gasteiger partial charge >= 0.3 is 0 Å². The molecule has 0 heterocycles. The lowest BCUT2D eigenvalue weighted by molar-refractivity contribution is -0.109. The van der Waals surface area contributed by atoms with Crippen LogP contribution in [0.2, 0.25) is 0 Å². The number of amides is 1. The van der Waals surface area contributed by atoms with Crippen LogP contribution >= 0.6 is 0 Å². The van der Waals surface area contributed by atoms with Gasteiger partial charge in [0, 0.05) is 6.54 Å². The number of hydrogen-bond acceptors (Lipinski definition) is 5. The Labute approximate surface area is 173 Å². The molecule has 0 spiro atoms. The lowest BCUT2D eigenvalue weighted by atomic mass is 9.70. The van der Waals surface area contributed by atoms with Gasteiger partial charge in [0.1, 0.15) is 0 Å². The smallest absolute Gasteiger partial charge is 0.207 e. The highest BCUT2D eigenvalue weighted by molar-refractivity contribution is 5.47. The van der Waals surface area contributed by atoms with Crippen LogP contribution < -0.4 is 14.8 Å². The molecule has 2 aliphatic rings. The van der Waals surface area contributed by atoms with Gasteiger partial charge in [-0.2, -0.15) is 10.5 Å². The van der Waals surface area contributed by atoms with Crippen LogP contribution in [0.1, 0.15) is 69.8 Å². The molecule has 1 aromatic rings. The Morgan fingerprint density at radius 1 is 1.14 bits per heavy atom. The zero-order valence-corrected chi connectivity index (χ0v) is 17.3. The summed E-state index contributed by atoms with van der Waals surface area (Å²) in [5, 5.41) is 20.0. The Morgan fingerprint density at radius 3 is 2.45 bits per heavy atom. The Kier molecular flexibility index (Phi) is 9.31. The predicted octanol–water partition coefficient (Wildman–Crippen LogP) is 4.39. The maximum Gasteiger partial charge on any atom is 0.207 e. The van der Waals surface area contributed by atoms with Gasteiger partial charge in [0.2, 0.25) is 6.41 Å². The number of methoxy groups -OCH3 is 1. The molecule has 0 unspecified atom stereocenters. The van der Waals surface area contributed by atoms with E-state index in [4.69, 9.17) is 14.7 Å². The SMILES string of the molecule is COc1ccc(C2(C#N)CCCCC2)cc1OC1CCCC1.N#CCCNC=O. The minimum absolute atomic E-state index is 0.300. The van der Waals surface area contributed by atoms with Crippen molar-refractivity contribution in [2.45, 2.75) is 75.7 Å². The first-order chi connectivity index (χ1) is 14.2. The van der Waals surface area contributed by atoms with Crippen molar-refractivity contribution in [1.29, 1.82) is 10.5 Å². The molecule has 1 N–H and O–H groups in total. The number of ether oxygens (including phenoxy) is 2. The number of nitrogens with one attached hydrogen (secondary N) is 1. The number of nitriles is 2. The van der Waals surface area contributed by atoms with Crippen LogP contribution in [0.4, 0.5) is 0 Å². The van der Waals surface area contributed by atoms with Crippen molar-refractivity contribution in [3.05, 3.63) is 23.8 Å². The summed E-state index contributed by atoms with van der Waals surface area (Å²) in [6.45, 7) is 0.458. The van der Waals surface area contributed by atoms with E-state index >= 15 is 0 Å². The second kappa shape index (κ2) is 12.0. The molecule has 6 heteroatoms. The third-order valence-electron chi connectivity index (χ3n) is 5.70. The molecule has 1 amide bonds. The molecule has 0 radical (unpaired) electrons. The summed E-state index contributed by atoms with van der Waals surface area (Å²) in [7, 11) is 1.68. The molecular weight excluding hydrogens is 366 g/mol. The molecule has 2 aliphatic carbocycles. The summed E-state index contributed by atoms with van der Waals surface area (Å²) in [5.74, 6) is 1.59. The van der Waals surface area contributed by atoms with E-state index in [1.807, 2.05) is 12.1 Å². The van der Waals surface area contributed by atoms with Crippen LogP contribution in [0.15, 0.2) is 18.2 Å². The van der Waals surface area contributed by atoms with Crippen molar-refractivity contribution in [1.82, 2.24) is 5.32 Å². The van der Waals surface area contributed by atoms with Crippen LogP contribution in [-0.4, -0.2) is 26.2 Å². The van der Waals surface area contributed by atoms with E-state index in [-0.39, 0.29) is 5.41 Å². The molecular formula is C23H31N3O3. The van der Waals surface area contributed by atoms with Gasteiger partial charge in [-0.15, -0.1) is 0 Å². The molecule has 0 bridgehead atoms. The van der Waals surface area contributed by atoms with Crippen LogP contribution in [0.3, 0.4) is 0 Å². The molecule has 6 nitrogen and oxygen atoms in total. The monoisotopic (exact) mass is 397 g/mol. The molecule has 0 aromatic heterocycles. The summed E-state index contributed by atoms with van der Waals surface area (Å²) in [6.07, 6.45) is 11.4. The third-order valence-corrected chi connectivity index (χ3v) is 5.70. The zero-order valence-electron chi connectivity index (χ0n) is 17.3. The molecule has 2 fully saturated rings. The lowest BCUT2D eigenvalue weighted by Crippen LogP contribution is -2.27. The van der Waals surface area contributed by atoms with Gasteiger partial charge in [0.05, 0.1) is 37.2 Å². The summed E-state index contributed by atoms with van der Waals surface area (Å²) in [6, 6.07) is 10.6. The molecule has 1 aromatic carbocycles. The van der Waals surface area contributed by atoms with Crippen molar-refractivity contribution in [2.24, 2.45) is 0 Å². The molecule has 0 saturated heterocycles. The molecule has 156 valence electrons. The van der Waals surface area contributed by atoms with Crippen molar-refractivity contribution < 1.29 is 14.3 Å². The quantitative estimate of drug-likeness (QED) is 0.544. The Balaban J connectivity index is 0.000000370. The lowest BCUT2D eigenvalue weighted by Gasteiger charge is -2.31. The van der Waals surface area contributed by atoms with E-state index in [2.05, 4.69) is 23.5 Å². The fourth-order valence-electron chi connectivity index (χ4n) is 4.06. The van der Waals surface area contributed by atoms with Crippen molar-refractivity contribution >= 4 is 6.41 Å². The maximum absolute atomic E-state index is 9.77. The van der Waals surface area contributed by atoms with E-state index in [9.17, 15) is 10.1 Å². The topological polar surface area (TPSA) is 95.1 Å². The van der Waals surface area contributed by atoms with E-state index in [1.54, 1.807) is 7.11 Å². The van der Waals surface area contributed by atoms with Gasteiger partial charge in [0.15, 0.2) is 11.5 Å². The first kappa shape index (κ1) is 22.6.